The largest absolute Gasteiger partial charge is 0.497 e. The molecule has 1 aromatic rings. The van der Waals surface area contributed by atoms with E-state index < -0.39 is 5.41 Å². The van der Waals surface area contributed by atoms with Crippen molar-refractivity contribution in [1.29, 1.82) is 5.26 Å². The van der Waals surface area contributed by atoms with Crippen LogP contribution >= 0.6 is 0 Å². The van der Waals surface area contributed by atoms with Crippen LogP contribution in [0.1, 0.15) is 25.7 Å². The normalized spacial score (nSPS) is 16.2. The number of ether oxygens (including phenoxy) is 2. The Kier molecular flexibility index (Phi) is 4.14. The summed E-state index contributed by atoms with van der Waals surface area (Å²) in [4.78, 5) is 12.4. The summed E-state index contributed by atoms with van der Waals surface area (Å²) in [6, 6.07) is 7.33. The summed E-state index contributed by atoms with van der Waals surface area (Å²) in [5.41, 5.74) is -0.316. The second kappa shape index (κ2) is 5.83. The Morgan fingerprint density at radius 1 is 1.20 bits per heavy atom. The van der Waals surface area contributed by atoms with E-state index in [9.17, 15) is 10.1 Å². The Balaban J connectivity index is 2.21. The number of anilines is 1. The van der Waals surface area contributed by atoms with E-state index in [1.165, 1.54) is 0 Å². The summed E-state index contributed by atoms with van der Waals surface area (Å²) in [6.07, 6.45) is 3.08. The molecule has 1 fully saturated rings. The standard InChI is InChI=1S/C15H18N2O3/c1-19-12-7-11(8-13(9-12)20-2)17-14(18)15(10-16)5-3-4-6-15/h7-9H,3-6H2,1-2H3,(H,17,18). The van der Waals surface area contributed by atoms with Crippen molar-refractivity contribution in [3.05, 3.63) is 18.2 Å². The fourth-order valence-electron chi connectivity index (χ4n) is 2.50. The van der Waals surface area contributed by atoms with Crippen LogP contribution < -0.4 is 14.8 Å². The van der Waals surface area contributed by atoms with Gasteiger partial charge in [0.25, 0.3) is 0 Å². The summed E-state index contributed by atoms with van der Waals surface area (Å²) in [6.45, 7) is 0. The molecule has 20 heavy (non-hydrogen) atoms. The minimum atomic E-state index is -0.893. The first-order valence-electron chi connectivity index (χ1n) is 6.59. The number of nitrogens with zero attached hydrogens (tertiary/aromatic N) is 1. The highest BCUT2D eigenvalue weighted by atomic mass is 16.5. The Morgan fingerprint density at radius 3 is 2.20 bits per heavy atom. The maximum absolute atomic E-state index is 12.4. The minimum absolute atomic E-state index is 0.243. The number of hydrogen-bond donors (Lipinski definition) is 1. The van der Waals surface area contributed by atoms with Gasteiger partial charge in [-0.25, -0.2) is 0 Å². The van der Waals surface area contributed by atoms with Crippen LogP contribution in [0.5, 0.6) is 11.5 Å². The molecule has 106 valence electrons. The van der Waals surface area contributed by atoms with Gasteiger partial charge in [-0.1, -0.05) is 12.8 Å². The van der Waals surface area contributed by atoms with E-state index in [-0.39, 0.29) is 5.91 Å². The Bertz CT molecular complexity index is 520. The molecule has 0 bridgehead atoms. The van der Waals surface area contributed by atoms with E-state index >= 15 is 0 Å². The maximum atomic E-state index is 12.4. The summed E-state index contributed by atoms with van der Waals surface area (Å²) >= 11 is 0. The van der Waals surface area contributed by atoms with E-state index in [0.29, 0.717) is 30.0 Å². The van der Waals surface area contributed by atoms with Crippen LogP contribution in [-0.4, -0.2) is 20.1 Å². The first-order chi connectivity index (χ1) is 9.63. The van der Waals surface area contributed by atoms with Crippen LogP contribution in [0, 0.1) is 16.7 Å². The van der Waals surface area contributed by atoms with Crippen molar-refractivity contribution >= 4 is 11.6 Å². The quantitative estimate of drug-likeness (QED) is 0.916. The van der Waals surface area contributed by atoms with Crippen LogP contribution in [0.25, 0.3) is 0 Å². The number of carbonyl (C=O) groups is 1. The lowest BCUT2D eigenvalue weighted by Crippen LogP contribution is -2.32. The molecule has 1 saturated carbocycles. The molecule has 1 aromatic carbocycles. The zero-order valence-electron chi connectivity index (χ0n) is 11.7. The van der Waals surface area contributed by atoms with E-state index in [0.717, 1.165) is 12.8 Å². The lowest BCUT2D eigenvalue weighted by Gasteiger charge is -2.19. The zero-order valence-corrected chi connectivity index (χ0v) is 11.7. The smallest absolute Gasteiger partial charge is 0.244 e. The van der Waals surface area contributed by atoms with E-state index in [4.69, 9.17) is 9.47 Å². The number of methoxy groups -OCH3 is 2. The molecule has 1 aliphatic rings. The second-order valence-corrected chi connectivity index (χ2v) is 4.96. The summed E-state index contributed by atoms with van der Waals surface area (Å²) in [7, 11) is 3.10. The minimum Gasteiger partial charge on any atom is -0.497 e. The molecule has 0 radical (unpaired) electrons. The van der Waals surface area contributed by atoms with Crippen LogP contribution in [0.2, 0.25) is 0 Å². The molecule has 1 aliphatic carbocycles. The van der Waals surface area contributed by atoms with Crippen molar-refractivity contribution in [1.82, 2.24) is 0 Å². The van der Waals surface area contributed by atoms with Gasteiger partial charge in [-0.05, 0) is 12.8 Å². The van der Waals surface area contributed by atoms with Crippen molar-refractivity contribution < 1.29 is 14.3 Å². The highest BCUT2D eigenvalue weighted by Gasteiger charge is 2.41. The highest BCUT2D eigenvalue weighted by molar-refractivity contribution is 5.97. The number of benzene rings is 1. The monoisotopic (exact) mass is 274 g/mol. The fourth-order valence-corrected chi connectivity index (χ4v) is 2.50. The summed E-state index contributed by atoms with van der Waals surface area (Å²) < 4.78 is 10.3. The maximum Gasteiger partial charge on any atom is 0.244 e. The fraction of sp³-hybridized carbons (Fsp3) is 0.467. The SMILES string of the molecule is COc1cc(NC(=O)C2(C#N)CCCC2)cc(OC)c1. The molecule has 0 spiro atoms. The third-order valence-corrected chi connectivity index (χ3v) is 3.72. The molecule has 0 atom stereocenters. The number of nitrogens with one attached hydrogen (secondary N) is 1. The van der Waals surface area contributed by atoms with E-state index in [1.54, 1.807) is 32.4 Å². The third kappa shape index (κ3) is 2.69. The number of rotatable bonds is 4. The topological polar surface area (TPSA) is 71.3 Å². The van der Waals surface area contributed by atoms with Crippen LogP contribution in [0.15, 0.2) is 18.2 Å². The molecule has 0 aromatic heterocycles. The van der Waals surface area contributed by atoms with Crippen molar-refractivity contribution in [3.8, 4) is 17.6 Å². The van der Waals surface area contributed by atoms with Crippen molar-refractivity contribution in [2.24, 2.45) is 5.41 Å². The van der Waals surface area contributed by atoms with Crippen LogP contribution in [-0.2, 0) is 4.79 Å². The predicted octanol–water partition coefficient (Wildman–Crippen LogP) is 2.73. The molecule has 0 saturated heterocycles. The third-order valence-electron chi connectivity index (χ3n) is 3.72. The Labute approximate surface area is 118 Å². The van der Waals surface area contributed by atoms with Gasteiger partial charge in [-0.3, -0.25) is 4.79 Å². The number of hydrogen-bond acceptors (Lipinski definition) is 4. The molecule has 1 N–H and O–H groups in total. The van der Waals surface area contributed by atoms with E-state index in [1.807, 2.05) is 0 Å². The average molecular weight is 274 g/mol. The highest BCUT2D eigenvalue weighted by Crippen LogP contribution is 2.39. The van der Waals surface area contributed by atoms with Gasteiger partial charge < -0.3 is 14.8 Å². The number of carbonyl (C=O) groups excluding carboxylic acids is 1. The van der Waals surface area contributed by atoms with Gasteiger partial charge in [-0.15, -0.1) is 0 Å². The van der Waals surface area contributed by atoms with Gasteiger partial charge in [0.1, 0.15) is 16.9 Å². The molecule has 0 unspecified atom stereocenters. The lowest BCUT2D eigenvalue weighted by molar-refractivity contribution is -0.122. The molecule has 2 rings (SSSR count). The molecule has 5 nitrogen and oxygen atoms in total. The lowest BCUT2D eigenvalue weighted by atomic mass is 9.87. The Morgan fingerprint density at radius 2 is 1.75 bits per heavy atom. The second-order valence-electron chi connectivity index (χ2n) is 4.96. The zero-order chi connectivity index (χ0) is 14.6. The Hall–Kier alpha value is -2.22. The van der Waals surface area contributed by atoms with E-state index in [2.05, 4.69) is 11.4 Å². The molecular formula is C15H18N2O3. The molecule has 5 heteroatoms. The molecule has 0 heterocycles. The molecular weight excluding hydrogens is 256 g/mol. The van der Waals surface area contributed by atoms with Crippen LogP contribution in [0.4, 0.5) is 5.69 Å². The van der Waals surface area contributed by atoms with Gasteiger partial charge in [0, 0.05) is 23.9 Å². The first-order valence-corrected chi connectivity index (χ1v) is 6.59. The molecule has 0 aliphatic heterocycles. The van der Waals surface area contributed by atoms with Crippen molar-refractivity contribution in [3.63, 3.8) is 0 Å². The molecule has 1 amide bonds. The van der Waals surface area contributed by atoms with Gasteiger partial charge in [0.05, 0.1) is 20.3 Å². The summed E-state index contributed by atoms with van der Waals surface area (Å²) in [5, 5.41) is 12.1. The average Bonchev–Trinajstić information content (AvgIpc) is 2.97. The first kappa shape index (κ1) is 14.2. The van der Waals surface area contributed by atoms with Gasteiger partial charge >= 0.3 is 0 Å². The van der Waals surface area contributed by atoms with Gasteiger partial charge in [0.15, 0.2) is 0 Å². The number of amides is 1. The van der Waals surface area contributed by atoms with Crippen molar-refractivity contribution in [2.75, 3.05) is 19.5 Å². The summed E-state index contributed by atoms with van der Waals surface area (Å²) in [5.74, 6) is 0.946. The van der Waals surface area contributed by atoms with Crippen LogP contribution in [0.3, 0.4) is 0 Å². The predicted molar refractivity (Wildman–Crippen MR) is 74.7 cm³/mol. The number of nitriles is 1. The van der Waals surface area contributed by atoms with Crippen molar-refractivity contribution in [2.45, 2.75) is 25.7 Å². The van der Waals surface area contributed by atoms with Gasteiger partial charge in [0.2, 0.25) is 5.91 Å². The van der Waals surface area contributed by atoms with Gasteiger partial charge in [-0.2, -0.15) is 5.26 Å².